The van der Waals surface area contributed by atoms with E-state index in [2.05, 4.69) is 12.2 Å². The molecule has 19 heavy (non-hydrogen) atoms. The highest BCUT2D eigenvalue weighted by Crippen LogP contribution is 2.48. The van der Waals surface area contributed by atoms with Gasteiger partial charge in [-0.25, -0.2) is 0 Å². The van der Waals surface area contributed by atoms with Crippen molar-refractivity contribution in [3.8, 4) is 0 Å². The molecule has 2 aliphatic rings. The van der Waals surface area contributed by atoms with Gasteiger partial charge < -0.3 is 10.4 Å². The smallest absolute Gasteiger partial charge is 0.310 e. The maximum Gasteiger partial charge on any atom is 0.310 e. The average Bonchev–Trinajstić information content (AvgIpc) is 3.18. The van der Waals surface area contributed by atoms with E-state index in [9.17, 15) is 14.7 Å². The van der Waals surface area contributed by atoms with Crippen molar-refractivity contribution in [3.05, 3.63) is 0 Å². The second kappa shape index (κ2) is 5.51. The summed E-state index contributed by atoms with van der Waals surface area (Å²) in [6, 6.07) is 0. The van der Waals surface area contributed by atoms with Gasteiger partial charge in [0.05, 0.1) is 5.41 Å². The van der Waals surface area contributed by atoms with Crippen molar-refractivity contribution in [1.29, 1.82) is 0 Å². The molecule has 0 aliphatic heterocycles. The molecule has 0 unspecified atom stereocenters. The van der Waals surface area contributed by atoms with Crippen molar-refractivity contribution in [1.82, 2.24) is 5.32 Å². The van der Waals surface area contributed by atoms with Crippen LogP contribution in [0.25, 0.3) is 0 Å². The van der Waals surface area contributed by atoms with Crippen LogP contribution in [0.15, 0.2) is 0 Å². The summed E-state index contributed by atoms with van der Waals surface area (Å²) in [5.74, 6) is -0.872. The third-order valence-corrected chi connectivity index (χ3v) is 5.13. The third kappa shape index (κ3) is 3.28. The zero-order valence-corrected chi connectivity index (χ0v) is 11.8. The molecule has 0 radical (unpaired) electrons. The number of carboxylic acids is 1. The fourth-order valence-corrected chi connectivity index (χ4v) is 3.18. The van der Waals surface area contributed by atoms with Crippen LogP contribution in [0, 0.1) is 10.8 Å². The summed E-state index contributed by atoms with van der Waals surface area (Å²) in [7, 11) is 0. The Balaban J connectivity index is 1.86. The Bertz CT molecular complexity index is 354. The van der Waals surface area contributed by atoms with E-state index in [4.69, 9.17) is 0 Å². The molecule has 0 atom stereocenters. The number of carboxylic acid groups (broad SMARTS) is 1. The van der Waals surface area contributed by atoms with Gasteiger partial charge in [-0.15, -0.1) is 0 Å². The molecule has 0 aromatic carbocycles. The van der Waals surface area contributed by atoms with Gasteiger partial charge in [-0.05, 0) is 37.5 Å². The molecule has 0 spiro atoms. The van der Waals surface area contributed by atoms with Gasteiger partial charge in [-0.3, -0.25) is 9.59 Å². The lowest BCUT2D eigenvalue weighted by molar-refractivity contribution is -0.154. The minimum atomic E-state index is -0.800. The average molecular weight is 267 g/mol. The number of carbonyl (C=O) groups is 2. The number of hydrogen-bond acceptors (Lipinski definition) is 2. The van der Waals surface area contributed by atoms with Crippen LogP contribution in [0.1, 0.15) is 64.7 Å². The maximum absolute atomic E-state index is 12.0. The topological polar surface area (TPSA) is 66.4 Å². The molecular weight excluding hydrogens is 242 g/mol. The van der Waals surface area contributed by atoms with Crippen LogP contribution in [0.3, 0.4) is 0 Å². The Hall–Kier alpha value is -1.06. The van der Waals surface area contributed by atoms with E-state index in [1.165, 1.54) is 12.8 Å². The zero-order chi connectivity index (χ0) is 13.9. The first-order valence-electron chi connectivity index (χ1n) is 7.52. The van der Waals surface area contributed by atoms with Crippen LogP contribution in [-0.2, 0) is 9.59 Å². The standard InChI is InChI=1S/C15H25NO3/c1-2-14(8-9-14)11-16-12(17)10-15(13(18)19)6-4-3-5-7-15/h2-11H2,1H3,(H,16,17)(H,18,19). The lowest BCUT2D eigenvalue weighted by Gasteiger charge is -2.32. The molecule has 2 rings (SSSR count). The molecule has 0 aromatic rings. The Morgan fingerprint density at radius 3 is 2.21 bits per heavy atom. The van der Waals surface area contributed by atoms with Gasteiger partial charge >= 0.3 is 5.97 Å². The fourth-order valence-electron chi connectivity index (χ4n) is 3.18. The molecule has 2 aliphatic carbocycles. The maximum atomic E-state index is 12.0. The molecule has 2 N–H and O–H groups in total. The van der Waals surface area contributed by atoms with E-state index in [1.54, 1.807) is 0 Å². The zero-order valence-electron chi connectivity index (χ0n) is 11.8. The first-order chi connectivity index (χ1) is 9.02. The van der Waals surface area contributed by atoms with Crippen molar-refractivity contribution in [2.45, 2.75) is 64.7 Å². The van der Waals surface area contributed by atoms with Crippen molar-refractivity contribution in [2.75, 3.05) is 6.54 Å². The summed E-state index contributed by atoms with van der Waals surface area (Å²) < 4.78 is 0. The van der Waals surface area contributed by atoms with Crippen LogP contribution in [0.2, 0.25) is 0 Å². The Labute approximate surface area is 115 Å². The van der Waals surface area contributed by atoms with E-state index >= 15 is 0 Å². The highest BCUT2D eigenvalue weighted by atomic mass is 16.4. The minimum absolute atomic E-state index is 0.0796. The highest BCUT2D eigenvalue weighted by molar-refractivity contribution is 5.85. The first-order valence-corrected chi connectivity index (χ1v) is 7.52. The minimum Gasteiger partial charge on any atom is -0.481 e. The molecule has 0 saturated heterocycles. The SMILES string of the molecule is CCC1(CNC(=O)CC2(C(=O)O)CCCCC2)CC1. The predicted octanol–water partition coefficient (Wildman–Crippen LogP) is 2.72. The normalized spacial score (nSPS) is 23.6. The lowest BCUT2D eigenvalue weighted by Crippen LogP contribution is -2.40. The van der Waals surface area contributed by atoms with Gasteiger partial charge in [0.1, 0.15) is 0 Å². The molecule has 0 aromatic heterocycles. The summed E-state index contributed by atoms with van der Waals surface area (Å²) in [6.07, 6.45) is 7.87. The van der Waals surface area contributed by atoms with Gasteiger partial charge in [0.15, 0.2) is 0 Å². The van der Waals surface area contributed by atoms with Gasteiger partial charge in [0.2, 0.25) is 5.91 Å². The summed E-state index contributed by atoms with van der Waals surface area (Å²) in [5, 5.41) is 12.4. The number of aliphatic carboxylic acids is 1. The molecule has 2 saturated carbocycles. The van der Waals surface area contributed by atoms with Crippen molar-refractivity contribution in [3.63, 3.8) is 0 Å². The van der Waals surface area contributed by atoms with E-state index in [1.807, 2.05) is 0 Å². The molecule has 108 valence electrons. The molecule has 0 heterocycles. The monoisotopic (exact) mass is 267 g/mol. The van der Waals surface area contributed by atoms with E-state index in [0.29, 0.717) is 18.3 Å². The van der Waals surface area contributed by atoms with Gasteiger partial charge in [-0.2, -0.15) is 0 Å². The second-order valence-corrected chi connectivity index (χ2v) is 6.45. The Kier molecular flexibility index (Phi) is 4.16. The number of hydrogen-bond donors (Lipinski definition) is 2. The Morgan fingerprint density at radius 2 is 1.74 bits per heavy atom. The van der Waals surface area contributed by atoms with Crippen LogP contribution < -0.4 is 5.32 Å². The molecule has 1 amide bonds. The number of carbonyl (C=O) groups excluding carboxylic acids is 1. The molecular formula is C15H25NO3. The van der Waals surface area contributed by atoms with Gasteiger partial charge in [0.25, 0.3) is 0 Å². The molecule has 4 heteroatoms. The van der Waals surface area contributed by atoms with Crippen LogP contribution in [0.5, 0.6) is 0 Å². The third-order valence-electron chi connectivity index (χ3n) is 5.13. The summed E-state index contributed by atoms with van der Waals surface area (Å²) in [4.78, 5) is 23.5. The van der Waals surface area contributed by atoms with Crippen LogP contribution in [0.4, 0.5) is 0 Å². The van der Waals surface area contributed by atoms with Gasteiger partial charge in [0, 0.05) is 13.0 Å². The highest BCUT2D eigenvalue weighted by Gasteiger charge is 2.43. The lowest BCUT2D eigenvalue weighted by atomic mass is 9.71. The van der Waals surface area contributed by atoms with Gasteiger partial charge in [-0.1, -0.05) is 26.2 Å². The molecule has 2 fully saturated rings. The van der Waals surface area contributed by atoms with E-state index in [-0.39, 0.29) is 12.3 Å². The van der Waals surface area contributed by atoms with Crippen LogP contribution in [-0.4, -0.2) is 23.5 Å². The Morgan fingerprint density at radius 1 is 1.11 bits per heavy atom. The van der Waals surface area contributed by atoms with E-state index < -0.39 is 11.4 Å². The number of rotatable bonds is 6. The quantitative estimate of drug-likeness (QED) is 0.777. The summed E-state index contributed by atoms with van der Waals surface area (Å²) in [6.45, 7) is 2.87. The summed E-state index contributed by atoms with van der Waals surface area (Å²) >= 11 is 0. The van der Waals surface area contributed by atoms with Crippen LogP contribution >= 0.6 is 0 Å². The number of nitrogens with one attached hydrogen (secondary N) is 1. The van der Waals surface area contributed by atoms with Crippen molar-refractivity contribution < 1.29 is 14.7 Å². The number of amides is 1. The predicted molar refractivity (Wildman–Crippen MR) is 72.7 cm³/mol. The fraction of sp³-hybridized carbons (Fsp3) is 0.867. The molecule has 4 nitrogen and oxygen atoms in total. The van der Waals surface area contributed by atoms with Crippen molar-refractivity contribution >= 4 is 11.9 Å². The molecule has 0 bridgehead atoms. The second-order valence-electron chi connectivity index (χ2n) is 6.45. The van der Waals surface area contributed by atoms with Crippen molar-refractivity contribution in [2.24, 2.45) is 10.8 Å². The van der Waals surface area contributed by atoms with E-state index in [0.717, 1.165) is 32.2 Å². The largest absolute Gasteiger partial charge is 0.481 e. The summed E-state index contributed by atoms with van der Waals surface area (Å²) in [5.41, 5.74) is -0.482. The first kappa shape index (κ1) is 14.4.